The zero-order chi connectivity index (χ0) is 30.5. The van der Waals surface area contributed by atoms with Gasteiger partial charge >= 0.3 is 6.18 Å². The van der Waals surface area contributed by atoms with Crippen LogP contribution in [-0.4, -0.2) is 19.5 Å². The van der Waals surface area contributed by atoms with Crippen LogP contribution >= 0.6 is 0 Å². The van der Waals surface area contributed by atoms with Gasteiger partial charge in [-0.1, -0.05) is 66.7 Å². The van der Waals surface area contributed by atoms with Gasteiger partial charge in [-0.2, -0.15) is 13.2 Å². The lowest BCUT2D eigenvalue weighted by molar-refractivity contribution is -0.137. The van der Waals surface area contributed by atoms with Crippen LogP contribution in [0.5, 0.6) is 0 Å². The minimum Gasteiger partial charge on any atom is -0.309 e. The highest BCUT2D eigenvalue weighted by Crippen LogP contribution is 2.38. The van der Waals surface area contributed by atoms with Gasteiger partial charge < -0.3 is 4.57 Å². The lowest BCUT2D eigenvalue weighted by Crippen LogP contribution is -2.05. The molecule has 8 aromatic rings. The average molecular weight is 593 g/mol. The van der Waals surface area contributed by atoms with Gasteiger partial charge in [-0.15, -0.1) is 0 Å². The highest BCUT2D eigenvalue weighted by Gasteiger charge is 2.31. The lowest BCUT2D eigenvalue weighted by atomic mass is 9.97. The Morgan fingerprint density at radius 3 is 2.24 bits per heavy atom. The molecule has 0 N–H and O–H groups in total. The second-order valence-corrected chi connectivity index (χ2v) is 10.9. The summed E-state index contributed by atoms with van der Waals surface area (Å²) in [7, 11) is 0. The van der Waals surface area contributed by atoms with Gasteiger partial charge in [-0.05, 0) is 76.5 Å². The third-order valence-corrected chi connectivity index (χ3v) is 8.15. The fourth-order valence-electron chi connectivity index (χ4n) is 6.07. The van der Waals surface area contributed by atoms with Crippen molar-refractivity contribution in [3.63, 3.8) is 0 Å². The molecular weight excluding hydrogens is 569 g/mol. The van der Waals surface area contributed by atoms with Gasteiger partial charge in [0.25, 0.3) is 0 Å². The molecule has 45 heavy (non-hydrogen) atoms. The summed E-state index contributed by atoms with van der Waals surface area (Å²) >= 11 is 0. The number of halogens is 3. The van der Waals surface area contributed by atoms with Crippen LogP contribution in [0.3, 0.4) is 0 Å². The second-order valence-electron chi connectivity index (χ2n) is 10.9. The Balaban J connectivity index is 1.35. The molecule has 4 aromatic carbocycles. The summed E-state index contributed by atoms with van der Waals surface area (Å²) in [6.45, 7) is 0. The molecule has 4 heterocycles. The Hall–Kier alpha value is -5.82. The van der Waals surface area contributed by atoms with Gasteiger partial charge in [0.2, 0.25) is 0 Å². The van der Waals surface area contributed by atoms with E-state index in [1.54, 1.807) is 18.6 Å². The van der Waals surface area contributed by atoms with Crippen LogP contribution in [0.25, 0.3) is 72.0 Å². The van der Waals surface area contributed by atoms with Crippen LogP contribution in [0.1, 0.15) is 5.56 Å². The predicted octanol–water partition coefficient (Wildman–Crippen LogP) is 10.1. The van der Waals surface area contributed by atoms with E-state index in [4.69, 9.17) is 4.98 Å². The first kappa shape index (κ1) is 26.8. The van der Waals surface area contributed by atoms with E-state index in [-0.39, 0.29) is 0 Å². The summed E-state index contributed by atoms with van der Waals surface area (Å²) in [6.07, 6.45) is 0.634. The molecule has 216 valence electrons. The number of nitrogens with zero attached hydrogens (tertiary/aromatic N) is 4. The number of rotatable bonds is 4. The van der Waals surface area contributed by atoms with E-state index in [0.29, 0.717) is 10.9 Å². The maximum absolute atomic E-state index is 13.8. The highest BCUT2D eigenvalue weighted by atomic mass is 19.4. The number of hydrogen-bond donors (Lipinski definition) is 0. The maximum Gasteiger partial charge on any atom is 0.416 e. The minimum absolute atomic E-state index is 0.463. The molecule has 0 bridgehead atoms. The maximum atomic E-state index is 13.8. The molecule has 4 aromatic heterocycles. The first-order valence-corrected chi connectivity index (χ1v) is 14.4. The third-order valence-electron chi connectivity index (χ3n) is 8.15. The average Bonchev–Trinajstić information content (AvgIpc) is 3.42. The molecule has 0 saturated heterocycles. The Bertz CT molecular complexity index is 2370. The Morgan fingerprint density at radius 2 is 1.38 bits per heavy atom. The first-order chi connectivity index (χ1) is 21.9. The van der Waals surface area contributed by atoms with E-state index in [2.05, 4.69) is 40.3 Å². The molecule has 0 aliphatic carbocycles. The van der Waals surface area contributed by atoms with Crippen molar-refractivity contribution in [2.75, 3.05) is 0 Å². The molecule has 0 saturated carbocycles. The molecule has 0 fully saturated rings. The van der Waals surface area contributed by atoms with Crippen LogP contribution in [0.4, 0.5) is 13.2 Å². The van der Waals surface area contributed by atoms with Crippen molar-refractivity contribution in [2.45, 2.75) is 6.18 Å². The highest BCUT2D eigenvalue weighted by molar-refractivity contribution is 6.09. The molecule has 0 unspecified atom stereocenters. The smallest absolute Gasteiger partial charge is 0.309 e. The van der Waals surface area contributed by atoms with Crippen LogP contribution in [-0.2, 0) is 6.18 Å². The largest absolute Gasteiger partial charge is 0.416 e. The van der Waals surface area contributed by atoms with Crippen molar-refractivity contribution in [1.82, 2.24) is 19.5 Å². The molecule has 0 atom stereocenters. The summed E-state index contributed by atoms with van der Waals surface area (Å²) in [5.74, 6) is 0. The fraction of sp³-hybridized carbons (Fsp3) is 0.0263. The molecule has 7 heteroatoms. The number of pyridine rings is 3. The third kappa shape index (κ3) is 4.69. The van der Waals surface area contributed by atoms with Gasteiger partial charge in [0.1, 0.15) is 0 Å². The van der Waals surface area contributed by atoms with Crippen LogP contribution in [0, 0.1) is 0 Å². The van der Waals surface area contributed by atoms with E-state index >= 15 is 0 Å². The van der Waals surface area contributed by atoms with Crippen molar-refractivity contribution in [3.8, 4) is 39.5 Å². The SMILES string of the molecule is FC(F)(F)c1ccc2c3cnccc3n(-c3cccc(-c4cc(-c5ccccn5)nc(-c5cccc6ccccc56)c4)c3)c2c1. The molecule has 0 aliphatic heterocycles. The Morgan fingerprint density at radius 1 is 0.556 bits per heavy atom. The van der Waals surface area contributed by atoms with E-state index in [1.165, 1.54) is 12.1 Å². The predicted molar refractivity (Wildman–Crippen MR) is 173 cm³/mol. The summed E-state index contributed by atoms with van der Waals surface area (Å²) in [4.78, 5) is 13.9. The zero-order valence-corrected chi connectivity index (χ0v) is 23.7. The standard InChI is InChI=1S/C38H23F3N4/c39-38(40,41)27-14-15-31-32-23-42-18-16-36(32)45(37(31)22-27)28-10-5-9-25(19-28)26-20-34(44-35(21-26)33-13-3-4-17-43-33)30-12-6-8-24-7-1-2-11-29(24)30/h1-23H. The molecule has 8 rings (SSSR count). The molecule has 4 nitrogen and oxygen atoms in total. The van der Waals surface area contributed by atoms with Gasteiger partial charge in [0, 0.05) is 40.6 Å². The van der Waals surface area contributed by atoms with Gasteiger partial charge in [-0.25, -0.2) is 4.98 Å². The van der Waals surface area contributed by atoms with Crippen molar-refractivity contribution in [1.29, 1.82) is 0 Å². The van der Waals surface area contributed by atoms with E-state index in [0.717, 1.165) is 67.2 Å². The first-order valence-electron chi connectivity index (χ1n) is 14.4. The minimum atomic E-state index is -4.47. The van der Waals surface area contributed by atoms with E-state index in [1.807, 2.05) is 77.4 Å². The molecular formula is C38H23F3N4. The number of aromatic nitrogens is 4. The van der Waals surface area contributed by atoms with Crippen molar-refractivity contribution in [3.05, 3.63) is 145 Å². The summed E-state index contributed by atoms with van der Waals surface area (Å²) in [6, 6.07) is 37.7. The fourth-order valence-corrected chi connectivity index (χ4v) is 6.07. The van der Waals surface area contributed by atoms with Crippen LogP contribution < -0.4 is 0 Å². The zero-order valence-electron chi connectivity index (χ0n) is 23.7. The van der Waals surface area contributed by atoms with Crippen LogP contribution in [0.2, 0.25) is 0 Å². The molecule has 0 spiro atoms. The van der Waals surface area contributed by atoms with E-state index in [9.17, 15) is 13.2 Å². The lowest BCUT2D eigenvalue weighted by Gasteiger charge is -2.14. The summed E-state index contributed by atoms with van der Waals surface area (Å²) < 4.78 is 43.3. The van der Waals surface area contributed by atoms with Crippen molar-refractivity contribution in [2.24, 2.45) is 0 Å². The number of alkyl halides is 3. The van der Waals surface area contributed by atoms with Gasteiger partial charge in [-0.3, -0.25) is 9.97 Å². The van der Waals surface area contributed by atoms with Crippen molar-refractivity contribution < 1.29 is 13.2 Å². The van der Waals surface area contributed by atoms with Crippen LogP contribution in [0.15, 0.2) is 140 Å². The Labute approximate surface area is 256 Å². The summed E-state index contributed by atoms with van der Waals surface area (Å²) in [5, 5.41) is 3.69. The monoisotopic (exact) mass is 592 g/mol. The number of fused-ring (bicyclic) bond motifs is 4. The molecule has 0 aliphatic rings. The van der Waals surface area contributed by atoms with Gasteiger partial charge in [0.15, 0.2) is 0 Å². The van der Waals surface area contributed by atoms with Crippen molar-refractivity contribution >= 4 is 32.6 Å². The second kappa shape index (κ2) is 10.4. The number of benzene rings is 4. The molecule has 0 amide bonds. The topological polar surface area (TPSA) is 43.6 Å². The van der Waals surface area contributed by atoms with Gasteiger partial charge in [0.05, 0.1) is 33.7 Å². The normalized spacial score (nSPS) is 11.9. The number of hydrogen-bond acceptors (Lipinski definition) is 3. The Kier molecular flexibility index (Phi) is 6.20. The molecule has 0 radical (unpaired) electrons. The summed E-state index contributed by atoms with van der Waals surface area (Å²) in [5.41, 5.74) is 6.34. The van der Waals surface area contributed by atoms with E-state index < -0.39 is 11.7 Å². The quantitative estimate of drug-likeness (QED) is 0.204.